The predicted molar refractivity (Wildman–Crippen MR) is 207 cm³/mol. The number of benzene rings is 9. The molecule has 1 heteroatoms. The van der Waals surface area contributed by atoms with Crippen LogP contribution >= 0.6 is 0 Å². The molecule has 9 aromatic carbocycles. The molecule has 0 nitrogen and oxygen atoms in total. The zero-order chi connectivity index (χ0) is 31.2. The summed E-state index contributed by atoms with van der Waals surface area (Å²) in [7, 11) is -0.648. The molecule has 0 aliphatic rings. The van der Waals surface area contributed by atoms with Crippen molar-refractivity contribution in [3.63, 3.8) is 0 Å². The van der Waals surface area contributed by atoms with Crippen LogP contribution in [0.2, 0.25) is 0 Å². The standard InChI is InChI=1S/C46H32Si/c1-2-18-37(19-3-1)47-38-26-27-43-44(30-38)45(36-17-10-16-34(29-36)35-25-24-31-12-4-5-14-33(31)28-35)41-21-8-9-22-42(41)46(43)40-23-11-15-32-13-6-7-20-39(32)40/h1-30H,47H2. The molecule has 47 heavy (non-hydrogen) atoms. The highest BCUT2D eigenvalue weighted by Gasteiger charge is 2.19. The molecular weight excluding hydrogens is 581 g/mol. The third-order valence-corrected chi connectivity index (χ3v) is 11.4. The van der Waals surface area contributed by atoms with Gasteiger partial charge in [0.1, 0.15) is 0 Å². The van der Waals surface area contributed by atoms with Gasteiger partial charge >= 0.3 is 0 Å². The minimum Gasteiger partial charge on any atom is -0.0633 e. The van der Waals surface area contributed by atoms with Crippen molar-refractivity contribution in [1.82, 2.24) is 0 Å². The smallest absolute Gasteiger partial charge is 0.0633 e. The summed E-state index contributed by atoms with van der Waals surface area (Å²) in [5.41, 5.74) is 7.64. The van der Waals surface area contributed by atoms with Gasteiger partial charge in [-0.25, -0.2) is 0 Å². The van der Waals surface area contributed by atoms with Crippen molar-refractivity contribution < 1.29 is 0 Å². The Labute approximate surface area is 277 Å². The summed E-state index contributed by atoms with van der Waals surface area (Å²) >= 11 is 0. The predicted octanol–water partition coefficient (Wildman–Crippen LogP) is 10.4. The first kappa shape index (κ1) is 27.5. The monoisotopic (exact) mass is 612 g/mol. The largest absolute Gasteiger partial charge is 0.0875 e. The molecule has 0 fully saturated rings. The third-order valence-electron chi connectivity index (χ3n) is 9.63. The molecule has 0 heterocycles. The molecule has 0 atom stereocenters. The maximum atomic E-state index is 2.51. The van der Waals surface area contributed by atoms with E-state index >= 15 is 0 Å². The SMILES string of the molecule is c1ccc([SiH2]c2ccc3c(-c4cccc5ccccc45)c4ccccc4c(-c4cccc(-c5ccc6ccccc6c5)c4)c3c2)cc1. The molecule has 0 aromatic heterocycles. The van der Waals surface area contributed by atoms with E-state index in [0.29, 0.717) is 0 Å². The summed E-state index contributed by atoms with van der Waals surface area (Å²) in [6, 6.07) is 67.4. The second-order valence-electron chi connectivity index (χ2n) is 12.5. The fourth-order valence-electron chi connectivity index (χ4n) is 7.43. The second kappa shape index (κ2) is 11.5. The van der Waals surface area contributed by atoms with Gasteiger partial charge in [0.2, 0.25) is 0 Å². The lowest BCUT2D eigenvalue weighted by Crippen LogP contribution is -2.26. The van der Waals surface area contributed by atoms with Crippen LogP contribution in [-0.2, 0) is 0 Å². The van der Waals surface area contributed by atoms with Gasteiger partial charge in [0.25, 0.3) is 0 Å². The Hall–Kier alpha value is -5.76. The molecular formula is C46H32Si. The molecule has 9 rings (SSSR count). The minimum atomic E-state index is -0.648. The van der Waals surface area contributed by atoms with Crippen molar-refractivity contribution in [2.45, 2.75) is 0 Å². The second-order valence-corrected chi connectivity index (χ2v) is 14.5. The average molecular weight is 613 g/mol. The van der Waals surface area contributed by atoms with Crippen molar-refractivity contribution in [2.24, 2.45) is 0 Å². The normalized spacial score (nSPS) is 11.7. The molecule has 0 saturated heterocycles. The highest BCUT2D eigenvalue weighted by molar-refractivity contribution is 6.67. The molecule has 0 radical (unpaired) electrons. The van der Waals surface area contributed by atoms with E-state index in [1.165, 1.54) is 86.8 Å². The first-order valence-electron chi connectivity index (χ1n) is 16.4. The van der Waals surface area contributed by atoms with Crippen LogP contribution in [0, 0.1) is 0 Å². The summed E-state index contributed by atoms with van der Waals surface area (Å²) in [5.74, 6) is 0. The van der Waals surface area contributed by atoms with Crippen LogP contribution in [0.4, 0.5) is 0 Å². The molecule has 0 N–H and O–H groups in total. The fraction of sp³-hybridized carbons (Fsp3) is 0. The van der Waals surface area contributed by atoms with Crippen LogP contribution in [0.3, 0.4) is 0 Å². The van der Waals surface area contributed by atoms with E-state index in [9.17, 15) is 0 Å². The number of rotatable bonds is 5. The van der Waals surface area contributed by atoms with Gasteiger partial charge in [0.05, 0.1) is 9.52 Å². The summed E-state index contributed by atoms with van der Waals surface area (Å²) in [5, 5.41) is 13.2. The van der Waals surface area contributed by atoms with E-state index in [2.05, 4.69) is 182 Å². The third kappa shape index (κ3) is 4.93. The van der Waals surface area contributed by atoms with Crippen molar-refractivity contribution in [2.75, 3.05) is 0 Å². The highest BCUT2D eigenvalue weighted by Crippen LogP contribution is 2.45. The first-order chi connectivity index (χ1) is 23.3. The van der Waals surface area contributed by atoms with Crippen LogP contribution in [0.1, 0.15) is 0 Å². The van der Waals surface area contributed by atoms with Gasteiger partial charge in [-0.15, -0.1) is 0 Å². The fourth-order valence-corrected chi connectivity index (χ4v) is 8.96. The van der Waals surface area contributed by atoms with Crippen molar-refractivity contribution in [1.29, 1.82) is 0 Å². The van der Waals surface area contributed by atoms with Crippen LogP contribution < -0.4 is 10.4 Å². The zero-order valence-corrected chi connectivity index (χ0v) is 27.4. The van der Waals surface area contributed by atoms with E-state index < -0.39 is 9.52 Å². The number of hydrogen-bond donors (Lipinski definition) is 0. The van der Waals surface area contributed by atoms with Gasteiger partial charge in [0, 0.05) is 0 Å². The molecule has 0 aliphatic carbocycles. The molecule has 0 bridgehead atoms. The molecule has 0 saturated carbocycles. The maximum absolute atomic E-state index is 2.51. The minimum absolute atomic E-state index is 0.648. The molecule has 0 amide bonds. The Morgan fingerprint density at radius 1 is 0.277 bits per heavy atom. The lowest BCUT2D eigenvalue weighted by atomic mass is 9.84. The highest BCUT2D eigenvalue weighted by atomic mass is 28.2. The summed E-state index contributed by atoms with van der Waals surface area (Å²) in [4.78, 5) is 0. The maximum Gasteiger partial charge on any atom is 0.0875 e. The summed E-state index contributed by atoms with van der Waals surface area (Å²) < 4.78 is 0. The van der Waals surface area contributed by atoms with Gasteiger partial charge in [-0.3, -0.25) is 0 Å². The van der Waals surface area contributed by atoms with Crippen LogP contribution in [-0.4, -0.2) is 9.52 Å². The van der Waals surface area contributed by atoms with E-state index in [0.717, 1.165) is 0 Å². The number of hydrogen-bond acceptors (Lipinski definition) is 0. The van der Waals surface area contributed by atoms with Crippen LogP contribution in [0.5, 0.6) is 0 Å². The van der Waals surface area contributed by atoms with E-state index in [1.807, 2.05) is 0 Å². The molecule has 0 spiro atoms. The lowest BCUT2D eigenvalue weighted by molar-refractivity contribution is 1.63. The zero-order valence-electron chi connectivity index (χ0n) is 26.0. The van der Waals surface area contributed by atoms with Gasteiger partial charge in [-0.1, -0.05) is 180 Å². The van der Waals surface area contributed by atoms with Gasteiger partial charge < -0.3 is 0 Å². The average Bonchev–Trinajstić information content (AvgIpc) is 3.14. The van der Waals surface area contributed by atoms with Crippen molar-refractivity contribution >= 4 is 63.0 Å². The Morgan fingerprint density at radius 3 is 1.74 bits per heavy atom. The first-order valence-corrected chi connectivity index (χ1v) is 17.8. The summed E-state index contributed by atoms with van der Waals surface area (Å²) in [6.45, 7) is 0. The van der Waals surface area contributed by atoms with Gasteiger partial charge in [-0.05, 0) is 88.6 Å². The summed E-state index contributed by atoms with van der Waals surface area (Å²) in [6.07, 6.45) is 0. The van der Waals surface area contributed by atoms with E-state index in [4.69, 9.17) is 0 Å². The molecule has 220 valence electrons. The lowest BCUT2D eigenvalue weighted by Gasteiger charge is -2.20. The van der Waals surface area contributed by atoms with E-state index in [1.54, 1.807) is 0 Å². The Kier molecular flexibility index (Phi) is 6.77. The topological polar surface area (TPSA) is 0 Å². The van der Waals surface area contributed by atoms with Crippen LogP contribution in [0.15, 0.2) is 182 Å². The van der Waals surface area contributed by atoms with Crippen molar-refractivity contribution in [3.05, 3.63) is 182 Å². The Balaban J connectivity index is 1.34. The Morgan fingerprint density at radius 2 is 0.894 bits per heavy atom. The molecule has 9 aromatic rings. The molecule has 0 unspecified atom stereocenters. The van der Waals surface area contributed by atoms with Crippen LogP contribution in [0.25, 0.3) is 76.5 Å². The van der Waals surface area contributed by atoms with E-state index in [-0.39, 0.29) is 0 Å². The van der Waals surface area contributed by atoms with Crippen molar-refractivity contribution in [3.8, 4) is 33.4 Å². The van der Waals surface area contributed by atoms with Gasteiger partial charge in [-0.2, -0.15) is 0 Å². The number of fused-ring (bicyclic) bond motifs is 4. The Bertz CT molecular complexity index is 2590. The van der Waals surface area contributed by atoms with Gasteiger partial charge in [0.15, 0.2) is 0 Å². The quantitative estimate of drug-likeness (QED) is 0.134. The molecule has 0 aliphatic heterocycles.